The van der Waals surface area contributed by atoms with Crippen LogP contribution >= 0.6 is 0 Å². The number of likely N-dealkylation sites (tertiary alicyclic amines) is 1. The Balaban J connectivity index is 1.99. The Kier molecular flexibility index (Phi) is 5.01. The second-order valence-corrected chi connectivity index (χ2v) is 5.41. The summed E-state index contributed by atoms with van der Waals surface area (Å²) in [7, 11) is 3.56. The SMILES string of the molecule is CCC(NC1CCC(=O)N(C)C1)c1ccc(OC)cc1. The van der Waals surface area contributed by atoms with Crippen LogP contribution in [0.3, 0.4) is 0 Å². The van der Waals surface area contributed by atoms with Crippen molar-refractivity contribution in [2.24, 2.45) is 0 Å². The first-order valence-corrected chi connectivity index (χ1v) is 7.28. The molecular weight excluding hydrogens is 252 g/mol. The van der Waals surface area contributed by atoms with E-state index in [1.807, 2.05) is 24.1 Å². The third kappa shape index (κ3) is 3.51. The Morgan fingerprint density at radius 3 is 2.65 bits per heavy atom. The summed E-state index contributed by atoms with van der Waals surface area (Å²) in [6, 6.07) is 8.92. The average molecular weight is 276 g/mol. The Bertz CT molecular complexity index is 444. The molecule has 1 aromatic rings. The van der Waals surface area contributed by atoms with Crippen LogP contribution in [-0.2, 0) is 4.79 Å². The first-order valence-electron chi connectivity index (χ1n) is 7.28. The Hall–Kier alpha value is -1.55. The molecule has 1 aliphatic rings. The highest BCUT2D eigenvalue weighted by atomic mass is 16.5. The molecule has 0 radical (unpaired) electrons. The van der Waals surface area contributed by atoms with Crippen molar-refractivity contribution < 1.29 is 9.53 Å². The number of carbonyl (C=O) groups excluding carboxylic acids is 1. The highest BCUT2D eigenvalue weighted by Gasteiger charge is 2.24. The van der Waals surface area contributed by atoms with Gasteiger partial charge in [0.25, 0.3) is 0 Å². The van der Waals surface area contributed by atoms with Gasteiger partial charge in [0.15, 0.2) is 0 Å². The summed E-state index contributed by atoms with van der Waals surface area (Å²) in [5.41, 5.74) is 1.27. The summed E-state index contributed by atoms with van der Waals surface area (Å²) in [6.45, 7) is 2.98. The van der Waals surface area contributed by atoms with E-state index in [0.29, 0.717) is 18.5 Å². The van der Waals surface area contributed by atoms with E-state index in [1.54, 1.807) is 7.11 Å². The molecule has 1 aromatic carbocycles. The molecule has 0 saturated carbocycles. The molecule has 1 amide bonds. The maximum Gasteiger partial charge on any atom is 0.222 e. The van der Waals surface area contributed by atoms with E-state index >= 15 is 0 Å². The van der Waals surface area contributed by atoms with E-state index in [9.17, 15) is 4.79 Å². The van der Waals surface area contributed by atoms with Crippen LogP contribution < -0.4 is 10.1 Å². The lowest BCUT2D eigenvalue weighted by Gasteiger charge is -2.33. The van der Waals surface area contributed by atoms with Gasteiger partial charge in [-0.25, -0.2) is 0 Å². The lowest BCUT2D eigenvalue weighted by atomic mass is 10.00. The van der Waals surface area contributed by atoms with E-state index in [2.05, 4.69) is 24.4 Å². The van der Waals surface area contributed by atoms with Crippen LogP contribution in [0.1, 0.15) is 37.8 Å². The van der Waals surface area contributed by atoms with Crippen molar-refractivity contribution in [1.29, 1.82) is 0 Å². The molecule has 110 valence electrons. The van der Waals surface area contributed by atoms with Gasteiger partial charge in [-0.1, -0.05) is 19.1 Å². The van der Waals surface area contributed by atoms with E-state index in [4.69, 9.17) is 4.74 Å². The summed E-state index contributed by atoms with van der Waals surface area (Å²) in [4.78, 5) is 13.3. The van der Waals surface area contributed by atoms with Crippen molar-refractivity contribution in [3.8, 4) is 5.75 Å². The molecule has 4 nitrogen and oxygen atoms in total. The van der Waals surface area contributed by atoms with Crippen LogP contribution in [0.15, 0.2) is 24.3 Å². The average Bonchev–Trinajstić information content (AvgIpc) is 2.48. The van der Waals surface area contributed by atoms with Crippen molar-refractivity contribution in [2.45, 2.75) is 38.3 Å². The molecule has 2 unspecified atom stereocenters. The van der Waals surface area contributed by atoms with E-state index in [1.165, 1.54) is 5.56 Å². The number of methoxy groups -OCH3 is 1. The summed E-state index contributed by atoms with van der Waals surface area (Å²) < 4.78 is 5.19. The van der Waals surface area contributed by atoms with E-state index < -0.39 is 0 Å². The smallest absolute Gasteiger partial charge is 0.222 e. The van der Waals surface area contributed by atoms with Gasteiger partial charge in [-0.15, -0.1) is 0 Å². The van der Waals surface area contributed by atoms with Gasteiger partial charge in [0, 0.05) is 32.1 Å². The number of ether oxygens (including phenoxy) is 1. The Morgan fingerprint density at radius 1 is 1.40 bits per heavy atom. The number of nitrogens with one attached hydrogen (secondary N) is 1. The van der Waals surface area contributed by atoms with Crippen LogP contribution in [0.4, 0.5) is 0 Å². The number of hydrogen-bond donors (Lipinski definition) is 1. The minimum Gasteiger partial charge on any atom is -0.497 e. The number of likely N-dealkylation sites (N-methyl/N-ethyl adjacent to an activating group) is 1. The second-order valence-electron chi connectivity index (χ2n) is 5.41. The number of amides is 1. The van der Waals surface area contributed by atoms with Gasteiger partial charge >= 0.3 is 0 Å². The topological polar surface area (TPSA) is 41.6 Å². The van der Waals surface area contributed by atoms with Crippen molar-refractivity contribution in [3.63, 3.8) is 0 Å². The molecule has 1 fully saturated rings. The van der Waals surface area contributed by atoms with Gasteiger partial charge in [0.05, 0.1) is 7.11 Å². The molecule has 20 heavy (non-hydrogen) atoms. The highest BCUT2D eigenvalue weighted by molar-refractivity contribution is 5.76. The third-order valence-corrected chi connectivity index (χ3v) is 3.99. The van der Waals surface area contributed by atoms with Gasteiger partial charge in [-0.2, -0.15) is 0 Å². The predicted octanol–water partition coefficient (Wildman–Crippen LogP) is 2.36. The molecule has 0 spiro atoms. The minimum absolute atomic E-state index is 0.251. The standard InChI is InChI=1S/C16H24N2O2/c1-4-15(12-5-8-14(20-3)9-6-12)17-13-7-10-16(19)18(2)11-13/h5-6,8-9,13,15,17H,4,7,10-11H2,1-3H3. The molecule has 4 heteroatoms. The molecule has 1 heterocycles. The predicted molar refractivity (Wildman–Crippen MR) is 79.8 cm³/mol. The van der Waals surface area contributed by atoms with Gasteiger partial charge in [0.2, 0.25) is 5.91 Å². The molecule has 0 aliphatic carbocycles. The molecule has 0 aromatic heterocycles. The fourth-order valence-electron chi connectivity index (χ4n) is 2.72. The fraction of sp³-hybridized carbons (Fsp3) is 0.562. The molecular formula is C16H24N2O2. The second kappa shape index (κ2) is 6.75. The number of carbonyl (C=O) groups is 1. The largest absolute Gasteiger partial charge is 0.497 e. The zero-order valence-corrected chi connectivity index (χ0v) is 12.6. The number of piperidine rings is 1. The zero-order chi connectivity index (χ0) is 14.5. The third-order valence-electron chi connectivity index (χ3n) is 3.99. The maximum absolute atomic E-state index is 11.5. The molecule has 1 saturated heterocycles. The molecule has 2 rings (SSSR count). The summed E-state index contributed by atoms with van der Waals surface area (Å²) in [5.74, 6) is 1.13. The lowest BCUT2D eigenvalue weighted by Crippen LogP contribution is -2.47. The van der Waals surface area contributed by atoms with Gasteiger partial charge in [-0.05, 0) is 30.5 Å². The van der Waals surface area contributed by atoms with Gasteiger partial charge in [0.1, 0.15) is 5.75 Å². The maximum atomic E-state index is 11.5. The van der Waals surface area contributed by atoms with Crippen LogP contribution in [-0.4, -0.2) is 37.6 Å². The normalized spacial score (nSPS) is 20.9. The van der Waals surface area contributed by atoms with Crippen molar-refractivity contribution in [1.82, 2.24) is 10.2 Å². The van der Waals surface area contributed by atoms with Crippen molar-refractivity contribution >= 4 is 5.91 Å². The number of nitrogens with zero attached hydrogens (tertiary/aromatic N) is 1. The van der Waals surface area contributed by atoms with Crippen LogP contribution in [0, 0.1) is 0 Å². The fourth-order valence-corrected chi connectivity index (χ4v) is 2.72. The lowest BCUT2D eigenvalue weighted by molar-refractivity contribution is -0.132. The quantitative estimate of drug-likeness (QED) is 0.897. The first kappa shape index (κ1) is 14.9. The van der Waals surface area contributed by atoms with Crippen LogP contribution in [0.25, 0.3) is 0 Å². The van der Waals surface area contributed by atoms with E-state index in [-0.39, 0.29) is 5.91 Å². The zero-order valence-electron chi connectivity index (χ0n) is 12.6. The van der Waals surface area contributed by atoms with Crippen molar-refractivity contribution in [2.75, 3.05) is 20.7 Å². The summed E-state index contributed by atoms with van der Waals surface area (Å²) in [5, 5.41) is 3.68. The number of hydrogen-bond acceptors (Lipinski definition) is 3. The first-order chi connectivity index (χ1) is 9.63. The van der Waals surface area contributed by atoms with Crippen LogP contribution in [0.5, 0.6) is 5.75 Å². The summed E-state index contributed by atoms with van der Waals surface area (Å²) in [6.07, 6.45) is 2.60. The minimum atomic E-state index is 0.251. The van der Waals surface area contributed by atoms with E-state index in [0.717, 1.165) is 25.1 Å². The molecule has 0 bridgehead atoms. The number of benzene rings is 1. The van der Waals surface area contributed by atoms with Crippen LogP contribution in [0.2, 0.25) is 0 Å². The monoisotopic (exact) mass is 276 g/mol. The summed E-state index contributed by atoms with van der Waals surface area (Å²) >= 11 is 0. The highest BCUT2D eigenvalue weighted by Crippen LogP contribution is 2.22. The Morgan fingerprint density at radius 2 is 2.10 bits per heavy atom. The molecule has 1 aliphatic heterocycles. The molecule has 1 N–H and O–H groups in total. The Labute approximate surface area is 121 Å². The van der Waals surface area contributed by atoms with Crippen molar-refractivity contribution in [3.05, 3.63) is 29.8 Å². The number of rotatable bonds is 5. The molecule has 2 atom stereocenters. The van der Waals surface area contributed by atoms with Gasteiger partial charge in [-0.3, -0.25) is 4.79 Å². The van der Waals surface area contributed by atoms with Gasteiger partial charge < -0.3 is 15.0 Å².